The normalized spacial score (nSPS) is 23.2. The first-order valence-corrected chi connectivity index (χ1v) is 6.98. The van der Waals surface area contributed by atoms with Crippen molar-refractivity contribution in [2.75, 3.05) is 32.8 Å². The van der Waals surface area contributed by atoms with Gasteiger partial charge in [0.15, 0.2) is 0 Å². The summed E-state index contributed by atoms with van der Waals surface area (Å²) in [5.74, 6) is 0.609. The van der Waals surface area contributed by atoms with Crippen LogP contribution in [0.15, 0.2) is 0 Å². The SMILES string of the molecule is O=C(OCC1CCCCC1)N1CCCNCC1. The first kappa shape index (κ1) is 12.7. The zero-order valence-electron chi connectivity index (χ0n) is 10.6. The topological polar surface area (TPSA) is 41.6 Å². The molecule has 0 aromatic rings. The molecule has 17 heavy (non-hydrogen) atoms. The molecule has 1 saturated heterocycles. The standard InChI is InChI=1S/C13H24N2O2/c16-13(15-9-4-7-14-8-10-15)17-11-12-5-2-1-3-6-12/h12,14H,1-11H2. The highest BCUT2D eigenvalue weighted by Crippen LogP contribution is 2.23. The molecule has 98 valence electrons. The van der Waals surface area contributed by atoms with Gasteiger partial charge in [-0.3, -0.25) is 0 Å². The van der Waals surface area contributed by atoms with Crippen molar-refractivity contribution < 1.29 is 9.53 Å². The van der Waals surface area contributed by atoms with E-state index in [0.717, 1.165) is 32.6 Å². The average molecular weight is 240 g/mol. The molecule has 1 N–H and O–H groups in total. The summed E-state index contributed by atoms with van der Waals surface area (Å²) in [4.78, 5) is 13.7. The van der Waals surface area contributed by atoms with Crippen molar-refractivity contribution in [2.24, 2.45) is 5.92 Å². The van der Waals surface area contributed by atoms with Crippen LogP contribution in [0, 0.1) is 5.92 Å². The lowest BCUT2D eigenvalue weighted by molar-refractivity contribution is 0.0821. The van der Waals surface area contributed by atoms with Gasteiger partial charge in [0, 0.05) is 19.6 Å². The van der Waals surface area contributed by atoms with Gasteiger partial charge in [0.05, 0.1) is 6.61 Å². The van der Waals surface area contributed by atoms with Gasteiger partial charge < -0.3 is 15.0 Å². The summed E-state index contributed by atoms with van der Waals surface area (Å²) >= 11 is 0. The number of rotatable bonds is 2. The largest absolute Gasteiger partial charge is 0.449 e. The molecule has 0 aromatic heterocycles. The molecule has 2 fully saturated rings. The van der Waals surface area contributed by atoms with Gasteiger partial charge in [-0.25, -0.2) is 4.79 Å². The lowest BCUT2D eigenvalue weighted by Crippen LogP contribution is -2.35. The van der Waals surface area contributed by atoms with E-state index in [9.17, 15) is 4.79 Å². The first-order chi connectivity index (χ1) is 8.36. The first-order valence-electron chi connectivity index (χ1n) is 6.98. The average Bonchev–Trinajstić information content (AvgIpc) is 2.66. The Morgan fingerprint density at radius 1 is 1.12 bits per heavy atom. The molecule has 1 saturated carbocycles. The molecule has 0 bridgehead atoms. The van der Waals surface area contributed by atoms with Gasteiger partial charge in [-0.1, -0.05) is 19.3 Å². The highest BCUT2D eigenvalue weighted by atomic mass is 16.6. The molecular formula is C13H24N2O2. The van der Waals surface area contributed by atoms with Crippen LogP contribution in [0.4, 0.5) is 4.79 Å². The fourth-order valence-electron chi connectivity index (χ4n) is 2.66. The summed E-state index contributed by atoms with van der Waals surface area (Å²) in [7, 11) is 0. The fraction of sp³-hybridized carbons (Fsp3) is 0.923. The third-order valence-corrected chi connectivity index (χ3v) is 3.77. The molecule has 4 heteroatoms. The summed E-state index contributed by atoms with van der Waals surface area (Å²) in [5, 5.41) is 3.29. The van der Waals surface area contributed by atoms with E-state index in [-0.39, 0.29) is 6.09 Å². The number of ether oxygens (including phenoxy) is 1. The van der Waals surface area contributed by atoms with E-state index in [1.807, 2.05) is 4.90 Å². The van der Waals surface area contributed by atoms with E-state index < -0.39 is 0 Å². The lowest BCUT2D eigenvalue weighted by atomic mass is 9.90. The Kier molecular flexibility index (Phi) is 5.10. The van der Waals surface area contributed by atoms with Gasteiger partial charge in [0.25, 0.3) is 0 Å². The summed E-state index contributed by atoms with van der Waals surface area (Å²) in [6, 6.07) is 0. The number of carbonyl (C=O) groups excluding carboxylic acids is 1. The molecule has 1 amide bonds. The molecule has 0 atom stereocenters. The van der Waals surface area contributed by atoms with Crippen LogP contribution in [-0.4, -0.2) is 43.8 Å². The highest BCUT2D eigenvalue weighted by Gasteiger charge is 2.19. The van der Waals surface area contributed by atoms with E-state index >= 15 is 0 Å². The number of amides is 1. The van der Waals surface area contributed by atoms with Crippen molar-refractivity contribution in [3.63, 3.8) is 0 Å². The number of nitrogens with zero attached hydrogens (tertiary/aromatic N) is 1. The van der Waals surface area contributed by atoms with Gasteiger partial charge in [-0.2, -0.15) is 0 Å². The Morgan fingerprint density at radius 3 is 2.76 bits per heavy atom. The van der Waals surface area contributed by atoms with Crippen LogP contribution >= 0.6 is 0 Å². The van der Waals surface area contributed by atoms with Crippen molar-refractivity contribution >= 4 is 6.09 Å². The van der Waals surface area contributed by atoms with Crippen molar-refractivity contribution in [3.8, 4) is 0 Å². The van der Waals surface area contributed by atoms with Crippen LogP contribution in [0.1, 0.15) is 38.5 Å². The molecule has 2 aliphatic rings. The number of hydrogen-bond donors (Lipinski definition) is 1. The molecule has 0 spiro atoms. The number of hydrogen-bond acceptors (Lipinski definition) is 3. The van der Waals surface area contributed by atoms with Crippen LogP contribution in [-0.2, 0) is 4.74 Å². The van der Waals surface area contributed by atoms with Crippen molar-refractivity contribution in [1.29, 1.82) is 0 Å². The summed E-state index contributed by atoms with van der Waals surface area (Å²) in [6.07, 6.45) is 7.33. The number of nitrogens with one attached hydrogen (secondary N) is 1. The van der Waals surface area contributed by atoms with Gasteiger partial charge in [-0.05, 0) is 31.7 Å². The zero-order chi connectivity index (χ0) is 11.9. The molecule has 0 aromatic carbocycles. The van der Waals surface area contributed by atoms with E-state index in [2.05, 4.69) is 5.32 Å². The smallest absolute Gasteiger partial charge is 0.409 e. The van der Waals surface area contributed by atoms with Crippen LogP contribution in [0.25, 0.3) is 0 Å². The van der Waals surface area contributed by atoms with E-state index in [4.69, 9.17) is 4.74 Å². The van der Waals surface area contributed by atoms with Gasteiger partial charge >= 0.3 is 6.09 Å². The lowest BCUT2D eigenvalue weighted by Gasteiger charge is -2.24. The third-order valence-electron chi connectivity index (χ3n) is 3.77. The Balaban J connectivity index is 1.68. The Morgan fingerprint density at radius 2 is 1.94 bits per heavy atom. The second kappa shape index (κ2) is 6.84. The third kappa shape index (κ3) is 4.19. The highest BCUT2D eigenvalue weighted by molar-refractivity contribution is 5.67. The maximum atomic E-state index is 11.9. The van der Waals surface area contributed by atoms with E-state index in [1.54, 1.807) is 0 Å². The van der Waals surface area contributed by atoms with Gasteiger partial charge in [0.2, 0.25) is 0 Å². The monoisotopic (exact) mass is 240 g/mol. The summed E-state index contributed by atoms with van der Waals surface area (Å²) < 4.78 is 5.44. The predicted octanol–water partition coefficient (Wildman–Crippen LogP) is 2.00. The quantitative estimate of drug-likeness (QED) is 0.802. The maximum absolute atomic E-state index is 11.9. The Bertz CT molecular complexity index is 232. The minimum absolute atomic E-state index is 0.112. The van der Waals surface area contributed by atoms with E-state index in [1.165, 1.54) is 32.1 Å². The van der Waals surface area contributed by atoms with Crippen molar-refractivity contribution in [2.45, 2.75) is 38.5 Å². The zero-order valence-corrected chi connectivity index (χ0v) is 10.6. The predicted molar refractivity (Wildman–Crippen MR) is 67.0 cm³/mol. The minimum atomic E-state index is -0.112. The minimum Gasteiger partial charge on any atom is -0.449 e. The summed E-state index contributed by atoms with van der Waals surface area (Å²) in [5.41, 5.74) is 0. The van der Waals surface area contributed by atoms with Crippen LogP contribution in [0.2, 0.25) is 0 Å². The Labute approximate surface area is 104 Å². The molecule has 1 heterocycles. The van der Waals surface area contributed by atoms with Crippen LogP contribution in [0.5, 0.6) is 0 Å². The molecule has 0 radical (unpaired) electrons. The summed E-state index contributed by atoms with van der Waals surface area (Å²) in [6.45, 7) is 4.13. The van der Waals surface area contributed by atoms with Gasteiger partial charge in [-0.15, -0.1) is 0 Å². The van der Waals surface area contributed by atoms with Crippen LogP contribution < -0.4 is 5.32 Å². The second-order valence-corrected chi connectivity index (χ2v) is 5.17. The molecule has 1 aliphatic carbocycles. The number of carbonyl (C=O) groups is 1. The molecule has 2 rings (SSSR count). The van der Waals surface area contributed by atoms with Crippen molar-refractivity contribution in [1.82, 2.24) is 10.2 Å². The molecule has 1 aliphatic heterocycles. The van der Waals surface area contributed by atoms with Crippen LogP contribution in [0.3, 0.4) is 0 Å². The molecular weight excluding hydrogens is 216 g/mol. The fourth-order valence-corrected chi connectivity index (χ4v) is 2.66. The maximum Gasteiger partial charge on any atom is 0.409 e. The molecule has 4 nitrogen and oxygen atoms in total. The van der Waals surface area contributed by atoms with Crippen molar-refractivity contribution in [3.05, 3.63) is 0 Å². The van der Waals surface area contributed by atoms with E-state index in [0.29, 0.717) is 12.5 Å². The second-order valence-electron chi connectivity index (χ2n) is 5.17. The Hall–Kier alpha value is -0.770. The van der Waals surface area contributed by atoms with Gasteiger partial charge in [0.1, 0.15) is 0 Å². The molecule has 0 unspecified atom stereocenters.